The van der Waals surface area contributed by atoms with Gasteiger partial charge in [-0.2, -0.15) is 0 Å². The molecule has 0 N–H and O–H groups in total. The van der Waals surface area contributed by atoms with Gasteiger partial charge in [0.25, 0.3) is 11.8 Å². The molecule has 2 aliphatic heterocycles. The van der Waals surface area contributed by atoms with E-state index in [0.29, 0.717) is 45.0 Å². The molecule has 1 atom stereocenters. The van der Waals surface area contributed by atoms with Gasteiger partial charge in [-0.3, -0.25) is 19.3 Å². The highest BCUT2D eigenvalue weighted by atomic mass is 16.5. The van der Waals surface area contributed by atoms with Crippen molar-refractivity contribution in [2.75, 3.05) is 44.7 Å². The van der Waals surface area contributed by atoms with E-state index in [1.807, 2.05) is 4.90 Å². The van der Waals surface area contributed by atoms with Crippen molar-refractivity contribution in [2.24, 2.45) is 0 Å². The Morgan fingerprint density at radius 3 is 2.33 bits per heavy atom. The summed E-state index contributed by atoms with van der Waals surface area (Å²) in [6.07, 6.45) is 6.32. The van der Waals surface area contributed by atoms with Gasteiger partial charge in [0.1, 0.15) is 12.1 Å². The van der Waals surface area contributed by atoms with Gasteiger partial charge < -0.3 is 19.4 Å². The molecule has 1 aliphatic carbocycles. The number of carbonyl (C=O) groups is 4. The van der Waals surface area contributed by atoms with Crippen LogP contribution in [0.2, 0.25) is 0 Å². The largest absolute Gasteiger partial charge is 0.451 e. The summed E-state index contributed by atoms with van der Waals surface area (Å²) >= 11 is 0. The third-order valence-electron chi connectivity index (χ3n) is 6.85. The molecule has 2 saturated heterocycles. The first-order valence-electron chi connectivity index (χ1n) is 11.4. The van der Waals surface area contributed by atoms with Crippen molar-refractivity contribution in [1.82, 2.24) is 24.7 Å². The monoisotopic (exact) mass is 458 g/mol. The van der Waals surface area contributed by atoms with Gasteiger partial charge in [-0.05, 0) is 25.8 Å². The molecule has 0 aromatic carbocycles. The summed E-state index contributed by atoms with van der Waals surface area (Å²) in [5.74, 6) is -0.804. The van der Waals surface area contributed by atoms with Crippen molar-refractivity contribution < 1.29 is 23.9 Å². The maximum absolute atomic E-state index is 13.0. The van der Waals surface area contributed by atoms with Crippen LogP contribution in [0.3, 0.4) is 0 Å². The highest BCUT2D eigenvalue weighted by Gasteiger charge is 2.56. The summed E-state index contributed by atoms with van der Waals surface area (Å²) in [4.78, 5) is 65.5. The Bertz CT molecular complexity index is 911. The Morgan fingerprint density at radius 2 is 1.70 bits per heavy atom. The first kappa shape index (κ1) is 22.9. The third kappa shape index (κ3) is 4.36. The molecule has 3 heterocycles. The van der Waals surface area contributed by atoms with Gasteiger partial charge in [-0.25, -0.2) is 14.8 Å². The number of ether oxygens (including phenoxy) is 1. The predicted molar refractivity (Wildman–Crippen MR) is 117 cm³/mol. The highest BCUT2D eigenvalue weighted by molar-refractivity contribution is 6.08. The average Bonchev–Trinajstić information content (AvgIpc) is 3.01. The molecule has 0 bridgehead atoms. The van der Waals surface area contributed by atoms with Crippen LogP contribution < -0.4 is 4.90 Å². The van der Waals surface area contributed by atoms with Crippen molar-refractivity contribution in [2.45, 2.75) is 50.7 Å². The van der Waals surface area contributed by atoms with Crippen LogP contribution in [0.15, 0.2) is 18.5 Å². The molecule has 3 aliphatic rings. The molecule has 11 nitrogen and oxygen atoms in total. The molecule has 1 aromatic heterocycles. The number of piperazine rings is 1. The van der Waals surface area contributed by atoms with Gasteiger partial charge in [0.05, 0.1) is 0 Å². The standard InChI is InChI=1S/C22H30N6O5/c1-16(18(30)26-11-13-27(14-12-26)20-23-9-6-10-24-20)33-17(29)15-28-19(31)22(25(2)21(28)32)7-4-3-5-8-22/h6,9-10,16H,3-5,7-8,11-15H2,1-2H3. The van der Waals surface area contributed by atoms with Crippen LogP contribution in [-0.4, -0.2) is 99.9 Å². The second-order valence-corrected chi connectivity index (χ2v) is 8.82. The number of nitrogens with zero attached hydrogens (tertiary/aromatic N) is 6. The second-order valence-electron chi connectivity index (χ2n) is 8.82. The molecule has 11 heteroatoms. The van der Waals surface area contributed by atoms with Crippen molar-refractivity contribution in [1.29, 1.82) is 0 Å². The lowest BCUT2D eigenvalue weighted by Crippen LogP contribution is -2.52. The Labute approximate surface area is 192 Å². The normalized spacial score (nSPS) is 21.5. The van der Waals surface area contributed by atoms with Crippen LogP contribution in [-0.2, 0) is 19.1 Å². The quantitative estimate of drug-likeness (QED) is 0.467. The zero-order valence-corrected chi connectivity index (χ0v) is 19.1. The minimum absolute atomic E-state index is 0.308. The molecule has 1 spiro atoms. The number of likely N-dealkylation sites (N-methyl/N-ethyl adjacent to an activating group) is 1. The van der Waals surface area contributed by atoms with Gasteiger partial charge >= 0.3 is 12.0 Å². The maximum Gasteiger partial charge on any atom is 0.327 e. The number of anilines is 1. The van der Waals surface area contributed by atoms with Gasteiger partial charge in [0.15, 0.2) is 6.10 Å². The molecule has 33 heavy (non-hydrogen) atoms. The lowest BCUT2D eigenvalue weighted by molar-refractivity contribution is -0.160. The summed E-state index contributed by atoms with van der Waals surface area (Å²) < 4.78 is 5.31. The minimum atomic E-state index is -1.01. The molecule has 1 aromatic rings. The van der Waals surface area contributed by atoms with Crippen LogP contribution >= 0.6 is 0 Å². The van der Waals surface area contributed by atoms with E-state index in [1.54, 1.807) is 30.4 Å². The van der Waals surface area contributed by atoms with E-state index in [0.717, 1.165) is 24.2 Å². The number of carbonyl (C=O) groups excluding carboxylic acids is 4. The third-order valence-corrected chi connectivity index (χ3v) is 6.85. The summed E-state index contributed by atoms with van der Waals surface area (Å²) in [5, 5.41) is 0. The van der Waals surface area contributed by atoms with E-state index in [2.05, 4.69) is 9.97 Å². The lowest BCUT2D eigenvalue weighted by atomic mass is 9.81. The van der Waals surface area contributed by atoms with Crippen molar-refractivity contribution in [3.63, 3.8) is 0 Å². The summed E-state index contributed by atoms with van der Waals surface area (Å²) in [7, 11) is 1.61. The van der Waals surface area contributed by atoms with Crippen LogP contribution in [0.1, 0.15) is 39.0 Å². The second kappa shape index (κ2) is 9.32. The Morgan fingerprint density at radius 1 is 1.06 bits per heavy atom. The Kier molecular flexibility index (Phi) is 6.48. The summed E-state index contributed by atoms with van der Waals surface area (Å²) in [6.45, 7) is 3.07. The summed E-state index contributed by atoms with van der Waals surface area (Å²) in [5.41, 5.74) is -0.848. The fourth-order valence-corrected chi connectivity index (χ4v) is 4.92. The molecule has 178 valence electrons. The number of esters is 1. The molecule has 1 saturated carbocycles. The van der Waals surface area contributed by atoms with Crippen LogP contribution in [0.4, 0.5) is 10.7 Å². The molecular formula is C22H30N6O5. The van der Waals surface area contributed by atoms with Crippen molar-refractivity contribution >= 4 is 29.8 Å². The zero-order valence-electron chi connectivity index (χ0n) is 19.1. The van der Waals surface area contributed by atoms with E-state index < -0.39 is 30.2 Å². The van der Waals surface area contributed by atoms with Gasteiger partial charge in [0.2, 0.25) is 5.95 Å². The van der Waals surface area contributed by atoms with Gasteiger partial charge in [-0.1, -0.05) is 19.3 Å². The van der Waals surface area contributed by atoms with Crippen LogP contribution in [0, 0.1) is 0 Å². The maximum atomic E-state index is 13.0. The van der Waals surface area contributed by atoms with Crippen molar-refractivity contribution in [3.05, 3.63) is 18.5 Å². The first-order chi connectivity index (χ1) is 15.8. The fraction of sp³-hybridized carbons (Fsp3) is 0.636. The number of amides is 4. The molecule has 4 rings (SSSR count). The van der Waals surface area contributed by atoms with E-state index >= 15 is 0 Å². The zero-order chi connectivity index (χ0) is 23.6. The molecular weight excluding hydrogens is 428 g/mol. The van der Waals surface area contributed by atoms with Crippen molar-refractivity contribution in [3.8, 4) is 0 Å². The summed E-state index contributed by atoms with van der Waals surface area (Å²) in [6, 6.07) is 1.26. The van der Waals surface area contributed by atoms with Crippen LogP contribution in [0.5, 0.6) is 0 Å². The number of hydrogen-bond acceptors (Lipinski definition) is 8. The van der Waals surface area contributed by atoms with Gasteiger partial charge in [0, 0.05) is 45.6 Å². The lowest BCUT2D eigenvalue weighted by Gasteiger charge is -2.36. The molecule has 0 radical (unpaired) electrons. The predicted octanol–water partition coefficient (Wildman–Crippen LogP) is 0.654. The van der Waals surface area contributed by atoms with Crippen LogP contribution in [0.25, 0.3) is 0 Å². The number of urea groups is 1. The van der Waals surface area contributed by atoms with E-state index in [9.17, 15) is 19.2 Å². The van der Waals surface area contributed by atoms with Gasteiger partial charge in [-0.15, -0.1) is 0 Å². The van der Waals surface area contributed by atoms with E-state index in [1.165, 1.54) is 11.8 Å². The molecule has 1 unspecified atom stereocenters. The smallest absolute Gasteiger partial charge is 0.327 e. The number of hydrogen-bond donors (Lipinski definition) is 0. The number of rotatable bonds is 5. The first-order valence-corrected chi connectivity index (χ1v) is 11.4. The topological polar surface area (TPSA) is 116 Å². The van der Waals surface area contributed by atoms with E-state index in [-0.39, 0.29) is 11.8 Å². The number of imide groups is 1. The number of aromatic nitrogens is 2. The molecule has 3 fully saturated rings. The fourth-order valence-electron chi connectivity index (χ4n) is 4.92. The highest BCUT2D eigenvalue weighted by Crippen LogP contribution is 2.39. The average molecular weight is 459 g/mol. The van der Waals surface area contributed by atoms with E-state index in [4.69, 9.17) is 4.74 Å². The minimum Gasteiger partial charge on any atom is -0.451 e. The molecule has 4 amide bonds. The SMILES string of the molecule is CC(OC(=O)CN1C(=O)N(C)C2(CCCCC2)C1=O)C(=O)N1CCN(c2ncccn2)CC1. The Hall–Kier alpha value is -3.24. The Balaban J connectivity index is 1.29.